The Morgan fingerprint density at radius 3 is 2.75 bits per heavy atom. The molecule has 1 aromatic rings. The van der Waals surface area contributed by atoms with Gasteiger partial charge in [0.05, 0.1) is 6.61 Å². The van der Waals surface area contributed by atoms with Gasteiger partial charge in [-0.25, -0.2) is 4.98 Å². The molecule has 0 amide bonds. The summed E-state index contributed by atoms with van der Waals surface area (Å²) in [4.78, 5) is 3.94. The van der Waals surface area contributed by atoms with Crippen molar-refractivity contribution >= 4 is 11.3 Å². The van der Waals surface area contributed by atoms with Gasteiger partial charge in [0.25, 0.3) is 0 Å². The summed E-state index contributed by atoms with van der Waals surface area (Å²) in [6.07, 6.45) is -3.85. The Morgan fingerprint density at radius 1 is 1.50 bits per heavy atom. The third kappa shape index (κ3) is 1.81. The molecule has 0 spiro atoms. The van der Waals surface area contributed by atoms with Crippen molar-refractivity contribution < 1.29 is 20.1 Å². The lowest BCUT2D eigenvalue weighted by atomic mass is 10.1. The molecule has 1 saturated heterocycles. The number of aliphatic hydroxyl groups excluding tert-OH is 3. The van der Waals surface area contributed by atoms with Crippen molar-refractivity contribution in [2.75, 3.05) is 6.61 Å². The Morgan fingerprint density at radius 2 is 2.25 bits per heavy atom. The lowest BCUT2D eigenvalue weighted by Crippen LogP contribution is -2.32. The van der Waals surface area contributed by atoms with Crippen molar-refractivity contribution in [3.63, 3.8) is 0 Å². The first-order valence-electron chi connectivity index (χ1n) is 4.65. The van der Waals surface area contributed by atoms with Crippen LogP contribution in [-0.4, -0.2) is 45.2 Å². The van der Waals surface area contributed by atoms with Gasteiger partial charge in [-0.3, -0.25) is 0 Å². The molecule has 1 aromatic heterocycles. The van der Waals surface area contributed by atoms with E-state index >= 15 is 0 Å². The number of aromatic nitrogens is 1. The normalized spacial score (nSPS) is 33.9. The van der Waals surface area contributed by atoms with Gasteiger partial charge in [0, 0.05) is 5.38 Å². The molecule has 3 N–H and O–H groups in total. The molecule has 6 nitrogen and oxygen atoms in total. The number of aliphatic hydroxyl groups is 3. The van der Waals surface area contributed by atoms with E-state index in [1.54, 1.807) is 5.38 Å². The summed E-state index contributed by atoms with van der Waals surface area (Å²) in [7, 11) is 0. The highest BCUT2D eigenvalue weighted by Gasteiger charge is 2.44. The van der Waals surface area contributed by atoms with Crippen LogP contribution in [0.5, 0.6) is 0 Å². The maximum Gasteiger partial charge on any atom is 0.151 e. The number of nitrogens with zero attached hydrogens (tertiary/aromatic N) is 2. The van der Waals surface area contributed by atoms with Crippen LogP contribution >= 0.6 is 11.3 Å². The fraction of sp³-hybridized carbons (Fsp3) is 0.556. The smallest absolute Gasteiger partial charge is 0.151 e. The van der Waals surface area contributed by atoms with E-state index in [1.165, 1.54) is 11.3 Å². The molecule has 2 rings (SSSR count). The SMILES string of the molecule is N#Cc1csc([C@@H]2O[C@H](CO)[C@@H](O)[C@H]2O)n1. The van der Waals surface area contributed by atoms with Crippen molar-refractivity contribution in [3.8, 4) is 6.07 Å². The van der Waals surface area contributed by atoms with Crippen LogP contribution in [0.15, 0.2) is 5.38 Å². The molecule has 2 heterocycles. The van der Waals surface area contributed by atoms with Gasteiger partial charge in [0.1, 0.15) is 35.5 Å². The molecule has 0 radical (unpaired) electrons. The van der Waals surface area contributed by atoms with Crippen LogP contribution in [-0.2, 0) is 4.74 Å². The Hall–Kier alpha value is -1.04. The molecule has 0 saturated carbocycles. The molecule has 4 atom stereocenters. The summed E-state index contributed by atoms with van der Waals surface area (Å²) < 4.78 is 5.27. The number of hydrogen-bond acceptors (Lipinski definition) is 7. The van der Waals surface area contributed by atoms with Crippen LogP contribution in [0.4, 0.5) is 0 Å². The molecule has 86 valence electrons. The van der Waals surface area contributed by atoms with Crippen molar-refractivity contribution in [3.05, 3.63) is 16.1 Å². The summed E-state index contributed by atoms with van der Waals surface area (Å²) in [6, 6.07) is 1.87. The molecule has 1 aliphatic rings. The third-order valence-electron chi connectivity index (χ3n) is 2.42. The number of nitriles is 1. The van der Waals surface area contributed by atoms with Gasteiger partial charge in [0.15, 0.2) is 5.69 Å². The number of ether oxygens (including phenoxy) is 1. The molecule has 0 bridgehead atoms. The monoisotopic (exact) mass is 242 g/mol. The van der Waals surface area contributed by atoms with Gasteiger partial charge in [-0.15, -0.1) is 11.3 Å². The largest absolute Gasteiger partial charge is 0.394 e. The lowest BCUT2D eigenvalue weighted by molar-refractivity contribution is -0.0228. The highest BCUT2D eigenvalue weighted by atomic mass is 32.1. The summed E-state index contributed by atoms with van der Waals surface area (Å²) in [6.45, 7) is -0.370. The quantitative estimate of drug-likeness (QED) is 0.625. The molecular weight excluding hydrogens is 232 g/mol. The first kappa shape index (κ1) is 11.4. The third-order valence-corrected chi connectivity index (χ3v) is 3.33. The first-order chi connectivity index (χ1) is 7.67. The molecule has 0 aromatic carbocycles. The van der Waals surface area contributed by atoms with Crippen LogP contribution in [0.1, 0.15) is 16.8 Å². The number of hydrogen-bond donors (Lipinski definition) is 3. The Balaban J connectivity index is 2.20. The van der Waals surface area contributed by atoms with E-state index in [0.29, 0.717) is 5.01 Å². The van der Waals surface area contributed by atoms with E-state index < -0.39 is 24.4 Å². The van der Waals surface area contributed by atoms with E-state index in [-0.39, 0.29) is 12.3 Å². The van der Waals surface area contributed by atoms with Crippen molar-refractivity contribution in [1.29, 1.82) is 5.26 Å². The second kappa shape index (κ2) is 4.45. The van der Waals surface area contributed by atoms with Crippen LogP contribution in [0, 0.1) is 11.3 Å². The van der Waals surface area contributed by atoms with Crippen molar-refractivity contribution in [2.45, 2.75) is 24.4 Å². The van der Waals surface area contributed by atoms with Crippen molar-refractivity contribution in [2.24, 2.45) is 0 Å². The van der Waals surface area contributed by atoms with E-state index in [0.717, 1.165) is 0 Å². The van der Waals surface area contributed by atoms with E-state index in [2.05, 4.69) is 4.98 Å². The minimum absolute atomic E-state index is 0.248. The minimum Gasteiger partial charge on any atom is -0.394 e. The Kier molecular flexibility index (Phi) is 3.18. The molecular formula is C9H10N2O4S. The fourth-order valence-corrected chi connectivity index (χ4v) is 2.39. The van der Waals surface area contributed by atoms with E-state index in [4.69, 9.17) is 15.1 Å². The summed E-state index contributed by atoms with van der Waals surface area (Å²) in [5, 5.41) is 38.7. The van der Waals surface area contributed by atoms with Crippen LogP contribution < -0.4 is 0 Å². The maximum absolute atomic E-state index is 9.69. The Bertz CT molecular complexity index is 416. The predicted octanol–water partition coefficient (Wildman–Crippen LogP) is -0.831. The van der Waals surface area contributed by atoms with Crippen LogP contribution in [0.2, 0.25) is 0 Å². The molecule has 0 unspecified atom stereocenters. The van der Waals surface area contributed by atoms with Gasteiger partial charge < -0.3 is 20.1 Å². The molecule has 1 aliphatic heterocycles. The average Bonchev–Trinajstić information content (AvgIpc) is 2.86. The highest BCUT2D eigenvalue weighted by molar-refractivity contribution is 7.09. The zero-order chi connectivity index (χ0) is 11.7. The van der Waals surface area contributed by atoms with Crippen LogP contribution in [0.25, 0.3) is 0 Å². The first-order valence-corrected chi connectivity index (χ1v) is 5.53. The van der Waals surface area contributed by atoms with Gasteiger partial charge in [-0.1, -0.05) is 0 Å². The van der Waals surface area contributed by atoms with E-state index in [9.17, 15) is 10.2 Å². The molecule has 1 fully saturated rings. The van der Waals surface area contributed by atoms with E-state index in [1.807, 2.05) is 6.07 Å². The zero-order valence-corrected chi connectivity index (χ0v) is 8.96. The number of thiazole rings is 1. The molecule has 7 heteroatoms. The minimum atomic E-state index is -1.13. The van der Waals surface area contributed by atoms with Gasteiger partial charge in [-0.05, 0) is 0 Å². The van der Waals surface area contributed by atoms with Gasteiger partial charge >= 0.3 is 0 Å². The molecule has 0 aliphatic carbocycles. The molecule has 16 heavy (non-hydrogen) atoms. The standard InChI is InChI=1S/C9H10N2O4S/c10-1-4-3-16-9(11-4)8-7(14)6(13)5(2-12)15-8/h3,5-8,12-14H,2H2/t5-,6-,7-,8-/m1/s1. The average molecular weight is 242 g/mol. The summed E-state index contributed by atoms with van der Waals surface area (Å²) >= 11 is 1.18. The summed E-state index contributed by atoms with van der Waals surface area (Å²) in [5.41, 5.74) is 0.248. The second-order valence-electron chi connectivity index (χ2n) is 3.44. The fourth-order valence-electron chi connectivity index (χ4n) is 1.57. The Labute approximate surface area is 95.4 Å². The van der Waals surface area contributed by atoms with Gasteiger partial charge in [-0.2, -0.15) is 5.26 Å². The predicted molar refractivity (Wildman–Crippen MR) is 53.5 cm³/mol. The topological polar surface area (TPSA) is 107 Å². The lowest BCUT2D eigenvalue weighted by Gasteiger charge is -2.11. The zero-order valence-electron chi connectivity index (χ0n) is 8.15. The van der Waals surface area contributed by atoms with Crippen molar-refractivity contribution in [1.82, 2.24) is 4.98 Å². The summed E-state index contributed by atoms with van der Waals surface area (Å²) in [5.74, 6) is 0. The number of rotatable bonds is 2. The highest BCUT2D eigenvalue weighted by Crippen LogP contribution is 2.34. The van der Waals surface area contributed by atoms with Crippen LogP contribution in [0.3, 0.4) is 0 Å². The second-order valence-corrected chi connectivity index (χ2v) is 4.33. The maximum atomic E-state index is 9.69. The van der Waals surface area contributed by atoms with Gasteiger partial charge in [0.2, 0.25) is 0 Å².